The van der Waals surface area contributed by atoms with E-state index in [1.807, 2.05) is 26.0 Å². The molecule has 2 heterocycles. The molecule has 0 bridgehead atoms. The molecule has 3 rings (SSSR count). The van der Waals surface area contributed by atoms with Crippen LogP contribution in [0.3, 0.4) is 0 Å². The Hall–Kier alpha value is -2.80. The van der Waals surface area contributed by atoms with Crippen LogP contribution < -0.4 is 4.72 Å². The quantitative estimate of drug-likeness (QED) is 0.848. The molecule has 0 aromatic heterocycles. The van der Waals surface area contributed by atoms with Gasteiger partial charge in [-0.2, -0.15) is 0 Å². The van der Waals surface area contributed by atoms with Gasteiger partial charge in [-0.3, -0.25) is 9.79 Å². The number of benzene rings is 1. The van der Waals surface area contributed by atoms with Crippen LogP contribution in [0.4, 0.5) is 0 Å². The molecule has 1 unspecified atom stereocenters. The third-order valence-corrected chi connectivity index (χ3v) is 5.98. The number of aliphatic imine (C=N–C) groups is 2. The lowest BCUT2D eigenvalue weighted by Gasteiger charge is -2.11. The van der Waals surface area contributed by atoms with E-state index in [-0.39, 0.29) is 16.6 Å². The van der Waals surface area contributed by atoms with Gasteiger partial charge in [0.2, 0.25) is 0 Å². The second kappa shape index (κ2) is 7.44. The highest BCUT2D eigenvalue weighted by Gasteiger charge is 2.29. The maximum Gasteiger partial charge on any atom is 0.283 e. The smallest absolute Gasteiger partial charge is 0.283 e. The van der Waals surface area contributed by atoms with Gasteiger partial charge in [0.15, 0.2) is 0 Å². The Morgan fingerprint density at radius 3 is 2.70 bits per heavy atom. The largest absolute Gasteiger partial charge is 0.285 e. The number of aryl methyl sites for hydroxylation is 1. The summed E-state index contributed by atoms with van der Waals surface area (Å²) < 4.78 is 27.2. The van der Waals surface area contributed by atoms with Gasteiger partial charge in [-0.15, -0.1) is 0 Å². The normalized spacial score (nSPS) is 20.5. The van der Waals surface area contributed by atoms with Crippen molar-refractivity contribution in [3.8, 4) is 0 Å². The zero-order valence-electron chi connectivity index (χ0n) is 15.4. The van der Waals surface area contributed by atoms with Gasteiger partial charge >= 0.3 is 0 Å². The van der Waals surface area contributed by atoms with Gasteiger partial charge in [0, 0.05) is 11.8 Å². The molecule has 0 saturated heterocycles. The van der Waals surface area contributed by atoms with Crippen LogP contribution in [0, 0.1) is 6.92 Å². The molecular formula is C20H21N3O3S. The van der Waals surface area contributed by atoms with Gasteiger partial charge in [-0.1, -0.05) is 31.2 Å². The number of amides is 1. The zero-order valence-corrected chi connectivity index (χ0v) is 16.2. The summed E-state index contributed by atoms with van der Waals surface area (Å²) in [6, 6.07) is 6.51. The van der Waals surface area contributed by atoms with E-state index in [1.165, 1.54) is 6.07 Å². The molecule has 0 aliphatic carbocycles. The lowest BCUT2D eigenvalue weighted by Crippen LogP contribution is -2.31. The predicted molar refractivity (Wildman–Crippen MR) is 106 cm³/mol. The molecule has 2 aliphatic rings. The van der Waals surface area contributed by atoms with E-state index in [0.717, 1.165) is 17.6 Å². The van der Waals surface area contributed by atoms with Crippen molar-refractivity contribution in [3.63, 3.8) is 0 Å². The number of rotatable bonds is 5. The first-order chi connectivity index (χ1) is 12.9. The zero-order chi connectivity index (χ0) is 19.6. The molecule has 1 atom stereocenters. The van der Waals surface area contributed by atoms with Crippen molar-refractivity contribution in [1.29, 1.82) is 0 Å². The summed E-state index contributed by atoms with van der Waals surface area (Å²) in [7, 11) is -3.97. The Morgan fingerprint density at radius 2 is 2.04 bits per heavy atom. The van der Waals surface area contributed by atoms with Crippen LogP contribution >= 0.6 is 0 Å². The number of carbonyl (C=O) groups is 1. The summed E-state index contributed by atoms with van der Waals surface area (Å²) in [5.41, 5.74) is 3.02. The summed E-state index contributed by atoms with van der Waals surface area (Å²) in [5.74, 6) is -0.750. The second-order valence-electron chi connectivity index (χ2n) is 6.28. The molecule has 2 aliphatic heterocycles. The first-order valence-electron chi connectivity index (χ1n) is 8.71. The minimum Gasteiger partial charge on any atom is -0.285 e. The molecule has 0 saturated carbocycles. The molecule has 140 valence electrons. The van der Waals surface area contributed by atoms with E-state index in [0.29, 0.717) is 11.3 Å². The van der Waals surface area contributed by atoms with Crippen molar-refractivity contribution in [1.82, 2.24) is 4.72 Å². The summed E-state index contributed by atoms with van der Waals surface area (Å²) in [6.07, 6.45) is 7.89. The summed E-state index contributed by atoms with van der Waals surface area (Å²) in [5, 5.41) is 0. The molecule has 0 radical (unpaired) electrons. The van der Waals surface area contributed by atoms with Crippen LogP contribution in [0.15, 0.2) is 74.2 Å². The number of carbonyl (C=O) groups excluding carboxylic acids is 1. The second-order valence-corrected chi connectivity index (χ2v) is 7.93. The molecule has 6 nitrogen and oxygen atoms in total. The van der Waals surface area contributed by atoms with E-state index >= 15 is 0 Å². The Bertz CT molecular complexity index is 1040. The van der Waals surface area contributed by atoms with Crippen molar-refractivity contribution >= 4 is 27.9 Å². The standard InChI is InChI=1S/C20H21N3O3S/c1-4-14-12-17(22-19(14)15-10-11-21-16(15)5-2)20(24)23-27(25,26)18-9-7-6-8-13(18)3/h4,6-12,16H,5H2,1-3H3,(H,23,24)/b14-4+. The summed E-state index contributed by atoms with van der Waals surface area (Å²) >= 11 is 0. The minimum atomic E-state index is -3.97. The molecule has 1 N–H and O–H groups in total. The number of nitrogens with one attached hydrogen (secondary N) is 1. The summed E-state index contributed by atoms with van der Waals surface area (Å²) in [6.45, 7) is 5.56. The Balaban J connectivity index is 1.86. The number of hydrogen-bond donors (Lipinski definition) is 1. The molecule has 1 aromatic carbocycles. The summed E-state index contributed by atoms with van der Waals surface area (Å²) in [4.78, 5) is 21.4. The Morgan fingerprint density at radius 1 is 1.30 bits per heavy atom. The maximum absolute atomic E-state index is 12.6. The molecule has 0 spiro atoms. The van der Waals surface area contributed by atoms with Crippen molar-refractivity contribution in [3.05, 3.63) is 64.9 Å². The maximum atomic E-state index is 12.6. The SMILES string of the molecule is C/C=C1\C=C(C(=O)NS(=O)(=O)c2ccccc2C)N=C1C1=CC=NC1CC. The van der Waals surface area contributed by atoms with Gasteiger partial charge in [-0.25, -0.2) is 18.1 Å². The first-order valence-corrected chi connectivity index (χ1v) is 10.2. The lowest BCUT2D eigenvalue weighted by molar-refractivity contribution is -0.115. The third-order valence-electron chi connectivity index (χ3n) is 4.49. The monoisotopic (exact) mass is 383 g/mol. The first kappa shape index (κ1) is 19.0. The Labute approximate surface area is 159 Å². The fourth-order valence-corrected chi connectivity index (χ4v) is 4.28. The van der Waals surface area contributed by atoms with Gasteiger partial charge in [0.1, 0.15) is 5.70 Å². The van der Waals surface area contributed by atoms with Crippen LogP contribution in [0.5, 0.6) is 0 Å². The fourth-order valence-electron chi connectivity index (χ4n) is 3.07. The minimum absolute atomic E-state index is 0.00483. The Kier molecular flexibility index (Phi) is 5.23. The molecule has 1 amide bonds. The number of nitrogens with zero attached hydrogens (tertiary/aromatic N) is 2. The van der Waals surface area contributed by atoms with Crippen molar-refractivity contribution < 1.29 is 13.2 Å². The van der Waals surface area contributed by atoms with Crippen LogP contribution in [0.25, 0.3) is 0 Å². The van der Waals surface area contributed by atoms with Gasteiger partial charge in [0.25, 0.3) is 15.9 Å². The van der Waals surface area contributed by atoms with Gasteiger partial charge in [0.05, 0.1) is 16.6 Å². The van der Waals surface area contributed by atoms with E-state index in [4.69, 9.17) is 0 Å². The topological polar surface area (TPSA) is 88.0 Å². The molecule has 7 heteroatoms. The van der Waals surface area contributed by atoms with Crippen LogP contribution in [-0.2, 0) is 14.8 Å². The van der Waals surface area contributed by atoms with E-state index < -0.39 is 15.9 Å². The highest BCUT2D eigenvalue weighted by molar-refractivity contribution is 7.90. The average Bonchev–Trinajstić information content (AvgIpc) is 3.27. The van der Waals surface area contributed by atoms with Gasteiger partial charge in [-0.05, 0) is 49.6 Å². The molecule has 1 aromatic rings. The molecule has 0 fully saturated rings. The third kappa shape index (κ3) is 3.68. The van der Waals surface area contributed by atoms with Crippen molar-refractivity contribution in [2.45, 2.75) is 38.1 Å². The van der Waals surface area contributed by atoms with E-state index in [1.54, 1.807) is 37.4 Å². The van der Waals surface area contributed by atoms with E-state index in [2.05, 4.69) is 14.7 Å². The number of hydrogen-bond acceptors (Lipinski definition) is 5. The lowest BCUT2D eigenvalue weighted by atomic mass is 9.97. The number of allylic oxidation sites excluding steroid dienone is 4. The molecular weight excluding hydrogens is 362 g/mol. The molecule has 27 heavy (non-hydrogen) atoms. The van der Waals surface area contributed by atoms with Crippen LogP contribution in [0.1, 0.15) is 25.8 Å². The highest BCUT2D eigenvalue weighted by Crippen LogP contribution is 2.27. The predicted octanol–water partition coefficient (Wildman–Crippen LogP) is 2.87. The van der Waals surface area contributed by atoms with Crippen LogP contribution in [-0.4, -0.2) is 32.3 Å². The van der Waals surface area contributed by atoms with Crippen molar-refractivity contribution in [2.24, 2.45) is 9.98 Å². The van der Waals surface area contributed by atoms with Gasteiger partial charge < -0.3 is 0 Å². The number of sulfonamides is 1. The van der Waals surface area contributed by atoms with Crippen molar-refractivity contribution in [2.75, 3.05) is 0 Å². The van der Waals surface area contributed by atoms with E-state index in [9.17, 15) is 13.2 Å². The van der Waals surface area contributed by atoms with Crippen LogP contribution in [0.2, 0.25) is 0 Å². The average molecular weight is 383 g/mol. The fraction of sp³-hybridized carbons (Fsp3) is 0.250. The highest BCUT2D eigenvalue weighted by atomic mass is 32.2.